The summed E-state index contributed by atoms with van der Waals surface area (Å²) in [5, 5.41) is 2.67. The van der Waals surface area contributed by atoms with Crippen LogP contribution in [0.2, 0.25) is 5.02 Å². The topological polar surface area (TPSA) is 17.1 Å². The molecule has 0 saturated carbocycles. The van der Waals surface area contributed by atoms with Crippen molar-refractivity contribution in [3.63, 3.8) is 0 Å². The third-order valence-corrected chi connectivity index (χ3v) is 3.53. The van der Waals surface area contributed by atoms with E-state index >= 15 is 0 Å². The maximum atomic E-state index is 10.9. The number of aldehydes is 1. The van der Waals surface area contributed by atoms with Gasteiger partial charge in [0.25, 0.3) is 0 Å². The van der Waals surface area contributed by atoms with Crippen LogP contribution in [0.4, 0.5) is 0 Å². The van der Waals surface area contributed by atoms with Gasteiger partial charge in [0.05, 0.1) is 0 Å². The minimum atomic E-state index is 0.656. The molecule has 0 N–H and O–H groups in total. The lowest BCUT2D eigenvalue weighted by atomic mass is 10.1. The highest BCUT2D eigenvalue weighted by molar-refractivity contribution is 7.13. The smallest absolute Gasteiger partial charge is 0.150 e. The third-order valence-electron chi connectivity index (χ3n) is 2.25. The van der Waals surface area contributed by atoms with Crippen LogP contribution in [0.1, 0.15) is 15.9 Å². The lowest BCUT2D eigenvalue weighted by Crippen LogP contribution is -1.86. The van der Waals surface area contributed by atoms with E-state index in [4.69, 9.17) is 11.6 Å². The molecule has 0 atom stereocenters. The summed E-state index contributed by atoms with van der Waals surface area (Å²) in [6.07, 6.45) is 0.866. The SMILES string of the molecule is Cc1ccsc1-c1cc(Cl)ccc1C=O. The van der Waals surface area contributed by atoms with Crippen LogP contribution in [-0.2, 0) is 0 Å². The Bertz CT molecular complexity index is 502. The zero-order valence-electron chi connectivity index (χ0n) is 8.16. The van der Waals surface area contributed by atoms with Gasteiger partial charge in [-0.2, -0.15) is 0 Å². The van der Waals surface area contributed by atoms with Crippen molar-refractivity contribution < 1.29 is 4.79 Å². The van der Waals surface area contributed by atoms with Gasteiger partial charge in [-0.25, -0.2) is 0 Å². The summed E-state index contributed by atoms with van der Waals surface area (Å²) in [4.78, 5) is 12.0. The van der Waals surface area contributed by atoms with Gasteiger partial charge in [0, 0.05) is 21.0 Å². The highest BCUT2D eigenvalue weighted by Crippen LogP contribution is 2.32. The highest BCUT2D eigenvalue weighted by atomic mass is 35.5. The molecule has 0 saturated heterocycles. The van der Waals surface area contributed by atoms with Crippen molar-refractivity contribution in [2.45, 2.75) is 6.92 Å². The maximum Gasteiger partial charge on any atom is 0.150 e. The molecule has 0 bridgehead atoms. The van der Waals surface area contributed by atoms with Gasteiger partial charge in [0.2, 0.25) is 0 Å². The summed E-state index contributed by atoms with van der Waals surface area (Å²) in [7, 11) is 0. The quantitative estimate of drug-likeness (QED) is 0.715. The molecular formula is C12H9ClOS. The predicted molar refractivity (Wildman–Crippen MR) is 64.9 cm³/mol. The predicted octanol–water partition coefficient (Wildman–Crippen LogP) is 4.19. The van der Waals surface area contributed by atoms with Crippen molar-refractivity contribution in [1.29, 1.82) is 0 Å². The van der Waals surface area contributed by atoms with Crippen molar-refractivity contribution in [2.75, 3.05) is 0 Å². The number of hydrogen-bond acceptors (Lipinski definition) is 2. The van der Waals surface area contributed by atoms with Crippen molar-refractivity contribution in [3.8, 4) is 10.4 Å². The Balaban J connectivity index is 2.65. The van der Waals surface area contributed by atoms with E-state index in [1.807, 2.05) is 24.4 Å². The Morgan fingerprint density at radius 3 is 2.73 bits per heavy atom. The average Bonchev–Trinajstić information content (AvgIpc) is 2.64. The molecule has 76 valence electrons. The molecule has 1 nitrogen and oxygen atoms in total. The molecular weight excluding hydrogens is 228 g/mol. The monoisotopic (exact) mass is 236 g/mol. The molecule has 0 spiro atoms. The minimum Gasteiger partial charge on any atom is -0.298 e. The number of benzene rings is 1. The first-order chi connectivity index (χ1) is 7.22. The largest absolute Gasteiger partial charge is 0.298 e. The Morgan fingerprint density at radius 1 is 1.33 bits per heavy atom. The molecule has 0 aliphatic rings. The van der Waals surface area contributed by atoms with Crippen LogP contribution in [0.3, 0.4) is 0 Å². The standard InChI is InChI=1S/C12H9ClOS/c1-8-4-5-15-12(8)11-6-10(13)3-2-9(11)7-14/h2-7H,1H3. The molecule has 2 rings (SSSR count). The Hall–Kier alpha value is -1.12. The van der Waals surface area contributed by atoms with Crippen molar-refractivity contribution in [3.05, 3.63) is 45.8 Å². The summed E-state index contributed by atoms with van der Waals surface area (Å²) in [5.41, 5.74) is 2.78. The first kappa shape index (κ1) is 10.4. The molecule has 0 radical (unpaired) electrons. The first-order valence-electron chi connectivity index (χ1n) is 4.51. The van der Waals surface area contributed by atoms with E-state index in [1.165, 1.54) is 5.56 Å². The van der Waals surface area contributed by atoms with Gasteiger partial charge in [-0.05, 0) is 42.1 Å². The van der Waals surface area contributed by atoms with E-state index in [9.17, 15) is 4.79 Å². The molecule has 1 aromatic carbocycles. The van der Waals surface area contributed by atoms with E-state index in [0.717, 1.165) is 16.7 Å². The molecule has 0 aliphatic carbocycles. The van der Waals surface area contributed by atoms with Crippen LogP contribution in [0.25, 0.3) is 10.4 Å². The molecule has 0 unspecified atom stereocenters. The third kappa shape index (κ3) is 1.96. The number of carbonyl (C=O) groups is 1. The van der Waals surface area contributed by atoms with Gasteiger partial charge in [-0.15, -0.1) is 11.3 Å². The number of carbonyl (C=O) groups excluding carboxylic acids is 1. The number of aryl methyl sites for hydroxylation is 1. The zero-order chi connectivity index (χ0) is 10.8. The van der Waals surface area contributed by atoms with Crippen LogP contribution in [0.5, 0.6) is 0 Å². The zero-order valence-corrected chi connectivity index (χ0v) is 9.73. The molecule has 1 heterocycles. The fourth-order valence-corrected chi connectivity index (χ4v) is 2.61. The number of thiophene rings is 1. The van der Waals surface area contributed by atoms with Crippen LogP contribution in [0, 0.1) is 6.92 Å². The highest BCUT2D eigenvalue weighted by Gasteiger charge is 2.08. The van der Waals surface area contributed by atoms with Gasteiger partial charge in [-0.1, -0.05) is 11.6 Å². The number of halogens is 1. The molecule has 0 aliphatic heterocycles. The fraction of sp³-hybridized carbons (Fsp3) is 0.0833. The summed E-state index contributed by atoms with van der Waals surface area (Å²) in [5.74, 6) is 0. The second kappa shape index (κ2) is 4.17. The Kier molecular flexibility index (Phi) is 2.89. The van der Waals surface area contributed by atoms with Crippen molar-refractivity contribution >= 4 is 29.2 Å². The maximum absolute atomic E-state index is 10.9. The minimum absolute atomic E-state index is 0.656. The molecule has 2 aromatic rings. The summed E-state index contributed by atoms with van der Waals surface area (Å²) < 4.78 is 0. The van der Waals surface area contributed by atoms with Crippen LogP contribution >= 0.6 is 22.9 Å². The lowest BCUT2D eigenvalue weighted by molar-refractivity contribution is 0.112. The van der Waals surface area contributed by atoms with Gasteiger partial charge in [0.15, 0.2) is 6.29 Å². The van der Waals surface area contributed by atoms with Crippen molar-refractivity contribution in [2.24, 2.45) is 0 Å². The van der Waals surface area contributed by atoms with E-state index < -0.39 is 0 Å². The van der Waals surface area contributed by atoms with Gasteiger partial charge >= 0.3 is 0 Å². The van der Waals surface area contributed by atoms with Gasteiger partial charge < -0.3 is 0 Å². The second-order valence-electron chi connectivity index (χ2n) is 3.28. The van der Waals surface area contributed by atoms with E-state index in [2.05, 4.69) is 0 Å². The molecule has 15 heavy (non-hydrogen) atoms. The number of rotatable bonds is 2. The van der Waals surface area contributed by atoms with Gasteiger partial charge in [-0.3, -0.25) is 4.79 Å². The summed E-state index contributed by atoms with van der Waals surface area (Å²) >= 11 is 7.56. The molecule has 1 aromatic heterocycles. The normalized spacial score (nSPS) is 10.3. The Morgan fingerprint density at radius 2 is 2.13 bits per heavy atom. The summed E-state index contributed by atoms with van der Waals surface area (Å²) in [6.45, 7) is 2.03. The number of hydrogen-bond donors (Lipinski definition) is 0. The molecule has 0 fully saturated rings. The van der Waals surface area contributed by atoms with E-state index in [1.54, 1.807) is 23.5 Å². The fourth-order valence-electron chi connectivity index (χ4n) is 1.48. The summed E-state index contributed by atoms with van der Waals surface area (Å²) in [6, 6.07) is 7.36. The van der Waals surface area contributed by atoms with Crippen LogP contribution in [0.15, 0.2) is 29.6 Å². The Labute approximate surface area is 97.3 Å². The van der Waals surface area contributed by atoms with Crippen molar-refractivity contribution in [1.82, 2.24) is 0 Å². The van der Waals surface area contributed by atoms with Crippen LogP contribution in [-0.4, -0.2) is 6.29 Å². The second-order valence-corrected chi connectivity index (χ2v) is 4.63. The van der Waals surface area contributed by atoms with Gasteiger partial charge in [0.1, 0.15) is 0 Å². The van der Waals surface area contributed by atoms with E-state index in [-0.39, 0.29) is 0 Å². The first-order valence-corrected chi connectivity index (χ1v) is 5.77. The van der Waals surface area contributed by atoms with E-state index in [0.29, 0.717) is 10.6 Å². The molecule has 0 amide bonds. The van der Waals surface area contributed by atoms with Crippen LogP contribution < -0.4 is 0 Å². The lowest BCUT2D eigenvalue weighted by Gasteiger charge is -2.04. The average molecular weight is 237 g/mol. The molecule has 3 heteroatoms.